The number of hydrogen-bond acceptors (Lipinski definition) is 3. The van der Waals surface area contributed by atoms with E-state index in [0.717, 1.165) is 5.56 Å². The quantitative estimate of drug-likeness (QED) is 0.770. The van der Waals surface area contributed by atoms with E-state index in [0.29, 0.717) is 5.75 Å². The van der Waals surface area contributed by atoms with Gasteiger partial charge in [0.1, 0.15) is 0 Å². The largest absolute Gasteiger partial charge is 0.365 e. The van der Waals surface area contributed by atoms with Crippen LogP contribution in [0.15, 0.2) is 96.2 Å². The molecule has 0 unspecified atom stereocenters. The molecule has 1 aromatic carbocycles. The normalized spacial score (nSPS) is 14.7. The Morgan fingerprint density at radius 3 is 2.00 bits per heavy atom. The van der Waals surface area contributed by atoms with Gasteiger partial charge in [0.25, 0.3) is 0 Å². The van der Waals surface area contributed by atoms with E-state index in [9.17, 15) is 0 Å². The van der Waals surface area contributed by atoms with Crippen LogP contribution in [0.25, 0.3) is 6.08 Å². The summed E-state index contributed by atoms with van der Waals surface area (Å²) in [6.45, 7) is 0. The van der Waals surface area contributed by atoms with Crippen molar-refractivity contribution in [2.45, 2.75) is 0 Å². The number of rotatable bonds is 0. The molecular formula is C19H18N2O. The van der Waals surface area contributed by atoms with Crippen molar-refractivity contribution in [2.75, 3.05) is 0 Å². The zero-order valence-corrected chi connectivity index (χ0v) is 12.2. The lowest BCUT2D eigenvalue weighted by Crippen LogP contribution is -2.11. The Morgan fingerprint density at radius 2 is 1.27 bits per heavy atom. The van der Waals surface area contributed by atoms with Crippen LogP contribution in [0, 0.1) is 0 Å². The summed E-state index contributed by atoms with van der Waals surface area (Å²) in [6.07, 6.45) is 25.0. The summed E-state index contributed by atoms with van der Waals surface area (Å²) in [7, 11) is 0. The van der Waals surface area contributed by atoms with Crippen LogP contribution >= 0.6 is 0 Å². The molecule has 0 aliphatic carbocycles. The van der Waals surface area contributed by atoms with Crippen LogP contribution in [-0.4, -0.2) is 6.21 Å². The third-order valence-electron chi connectivity index (χ3n) is 2.67. The first kappa shape index (κ1) is 15.3. The summed E-state index contributed by atoms with van der Waals surface area (Å²) >= 11 is 0. The molecule has 0 saturated heterocycles. The molecule has 0 fully saturated rings. The van der Waals surface area contributed by atoms with Gasteiger partial charge in [-0.1, -0.05) is 85.0 Å². The van der Waals surface area contributed by atoms with Gasteiger partial charge in [0, 0.05) is 5.56 Å². The highest BCUT2D eigenvalue weighted by Crippen LogP contribution is 2.18. The average Bonchev–Trinajstić information content (AvgIpc) is 2.55. The molecule has 1 heterocycles. The minimum Gasteiger partial charge on any atom is -0.365 e. The maximum Gasteiger partial charge on any atom is 0.164 e. The maximum absolute atomic E-state index is 5.43. The Balaban J connectivity index is 2.16. The number of hydrogen-bond donors (Lipinski definition) is 1. The first-order valence-electron chi connectivity index (χ1n) is 7.01. The molecule has 1 aliphatic heterocycles. The van der Waals surface area contributed by atoms with E-state index in [-0.39, 0.29) is 0 Å². The predicted octanol–water partition coefficient (Wildman–Crippen LogP) is 4.36. The molecule has 3 heteroatoms. The lowest BCUT2D eigenvalue weighted by Gasteiger charge is -2.05. The van der Waals surface area contributed by atoms with E-state index in [4.69, 9.17) is 4.84 Å². The second-order valence-electron chi connectivity index (χ2n) is 4.29. The van der Waals surface area contributed by atoms with Crippen LogP contribution in [0.4, 0.5) is 0 Å². The number of nitrogens with zero attached hydrogens (tertiary/aromatic N) is 1. The van der Waals surface area contributed by atoms with Crippen LogP contribution in [0.5, 0.6) is 5.75 Å². The molecule has 0 spiro atoms. The fourth-order valence-electron chi connectivity index (χ4n) is 1.65. The van der Waals surface area contributed by atoms with E-state index >= 15 is 0 Å². The van der Waals surface area contributed by atoms with Crippen LogP contribution in [0.1, 0.15) is 5.56 Å². The monoisotopic (exact) mass is 290 g/mol. The first-order chi connectivity index (χ1) is 11.0. The molecule has 0 bridgehead atoms. The molecule has 110 valence electrons. The molecular weight excluding hydrogens is 272 g/mol. The van der Waals surface area contributed by atoms with Crippen molar-refractivity contribution in [1.82, 2.24) is 5.59 Å². The molecule has 0 atom stereocenters. The van der Waals surface area contributed by atoms with Gasteiger partial charge in [0.15, 0.2) is 5.75 Å². The van der Waals surface area contributed by atoms with Crippen molar-refractivity contribution >= 4 is 12.3 Å². The Morgan fingerprint density at radius 1 is 0.682 bits per heavy atom. The van der Waals surface area contributed by atoms with Crippen LogP contribution < -0.4 is 10.4 Å². The summed E-state index contributed by atoms with van der Waals surface area (Å²) in [6, 6.07) is 7.74. The molecule has 0 radical (unpaired) electrons. The van der Waals surface area contributed by atoms with E-state index in [1.807, 2.05) is 97.2 Å². The molecule has 1 aromatic rings. The van der Waals surface area contributed by atoms with Crippen LogP contribution in [0.3, 0.4) is 0 Å². The van der Waals surface area contributed by atoms with Gasteiger partial charge in [-0.05, 0) is 12.1 Å². The van der Waals surface area contributed by atoms with Gasteiger partial charge in [-0.25, -0.2) is 0 Å². The van der Waals surface area contributed by atoms with Gasteiger partial charge in [-0.2, -0.15) is 5.10 Å². The van der Waals surface area contributed by atoms with Crippen molar-refractivity contribution in [2.24, 2.45) is 5.10 Å². The molecule has 2 rings (SSSR count). The SMILES string of the molecule is C1=CC=CC=CC=NNOc2ccccc2C=CC=CC=C1. The fourth-order valence-corrected chi connectivity index (χ4v) is 1.65. The van der Waals surface area contributed by atoms with E-state index < -0.39 is 0 Å². The third-order valence-corrected chi connectivity index (χ3v) is 2.67. The Kier molecular flexibility index (Phi) is 6.81. The molecule has 22 heavy (non-hydrogen) atoms. The zero-order valence-electron chi connectivity index (χ0n) is 12.2. The maximum atomic E-state index is 5.43. The fraction of sp³-hybridized carbons (Fsp3) is 0. The Hall–Kier alpha value is -3.07. The molecule has 3 nitrogen and oxygen atoms in total. The number of nitrogens with one attached hydrogen (secondary N) is 1. The van der Waals surface area contributed by atoms with Crippen molar-refractivity contribution in [3.05, 3.63) is 96.7 Å². The number of para-hydroxylation sites is 1. The third kappa shape index (κ3) is 5.92. The Labute approximate surface area is 131 Å². The van der Waals surface area contributed by atoms with Crippen LogP contribution in [-0.2, 0) is 0 Å². The summed E-state index contributed by atoms with van der Waals surface area (Å²) in [5, 5.41) is 3.95. The zero-order chi connectivity index (χ0) is 15.3. The van der Waals surface area contributed by atoms with E-state index in [1.165, 1.54) is 0 Å². The lowest BCUT2D eigenvalue weighted by molar-refractivity contribution is 0.202. The molecule has 0 saturated carbocycles. The second-order valence-corrected chi connectivity index (χ2v) is 4.29. The standard InChI is InChI=1S/C19H18N2O/c1-2-4-6-8-10-14-18-15-11-12-16-19(18)22-21-20-17-13-9-7-5-3-1/h1-17,21H. The van der Waals surface area contributed by atoms with E-state index in [1.54, 1.807) is 6.21 Å². The van der Waals surface area contributed by atoms with E-state index in [2.05, 4.69) is 10.7 Å². The van der Waals surface area contributed by atoms with Crippen molar-refractivity contribution < 1.29 is 4.84 Å². The van der Waals surface area contributed by atoms with Crippen LogP contribution in [0.2, 0.25) is 0 Å². The highest BCUT2D eigenvalue weighted by atomic mass is 16.7. The van der Waals surface area contributed by atoms with Gasteiger partial charge < -0.3 is 4.84 Å². The average molecular weight is 290 g/mol. The Bertz CT molecular complexity index is 662. The molecule has 1 aliphatic rings. The number of allylic oxidation sites excluding steroid dienone is 11. The minimum atomic E-state index is 0.716. The highest BCUT2D eigenvalue weighted by molar-refractivity contribution is 5.71. The van der Waals surface area contributed by atoms with Gasteiger partial charge >= 0.3 is 0 Å². The number of fused-ring (bicyclic) bond motifs is 1. The lowest BCUT2D eigenvalue weighted by atomic mass is 10.2. The summed E-state index contributed by atoms with van der Waals surface area (Å²) < 4.78 is 0. The first-order valence-corrected chi connectivity index (χ1v) is 7.01. The van der Waals surface area contributed by atoms with Crippen molar-refractivity contribution in [3.8, 4) is 5.75 Å². The highest BCUT2D eigenvalue weighted by Gasteiger charge is 1.98. The van der Waals surface area contributed by atoms with Crippen molar-refractivity contribution in [1.29, 1.82) is 0 Å². The summed E-state index contributed by atoms with van der Waals surface area (Å²) in [5.41, 5.74) is 3.53. The second kappa shape index (κ2) is 9.77. The number of benzene rings is 1. The predicted molar refractivity (Wildman–Crippen MR) is 93.4 cm³/mol. The van der Waals surface area contributed by atoms with Gasteiger partial charge in [0.05, 0.1) is 6.21 Å². The summed E-state index contributed by atoms with van der Waals surface area (Å²) in [4.78, 5) is 5.43. The summed E-state index contributed by atoms with van der Waals surface area (Å²) in [5.74, 6) is 0.716. The van der Waals surface area contributed by atoms with Gasteiger partial charge in [-0.15, -0.1) is 5.59 Å². The minimum absolute atomic E-state index is 0.716. The smallest absolute Gasteiger partial charge is 0.164 e. The topological polar surface area (TPSA) is 33.6 Å². The molecule has 0 amide bonds. The molecule has 1 N–H and O–H groups in total. The van der Waals surface area contributed by atoms with Crippen molar-refractivity contribution in [3.63, 3.8) is 0 Å². The van der Waals surface area contributed by atoms with Gasteiger partial charge in [-0.3, -0.25) is 0 Å². The van der Waals surface area contributed by atoms with Gasteiger partial charge in [0.2, 0.25) is 0 Å². The number of hydrazone groups is 1. The molecule has 0 aromatic heterocycles.